The molecule has 1 aliphatic carbocycles. The van der Waals surface area contributed by atoms with E-state index in [9.17, 15) is 14.8 Å². The van der Waals surface area contributed by atoms with Gasteiger partial charge in [-0.2, -0.15) is 0 Å². The van der Waals surface area contributed by atoms with Crippen molar-refractivity contribution in [3.8, 4) is 0 Å². The molecule has 0 aromatic rings. The number of hydrogen-bond acceptors (Lipinski definition) is 4. The second-order valence-corrected chi connectivity index (χ2v) is 6.62. The highest BCUT2D eigenvalue weighted by atomic mass is 31.1. The van der Waals surface area contributed by atoms with Gasteiger partial charge in [0.15, 0.2) is 0 Å². The normalized spacial score (nSPS) is 43.1. The molecule has 1 fully saturated rings. The summed E-state index contributed by atoms with van der Waals surface area (Å²) in [7, 11) is 0.226. The van der Waals surface area contributed by atoms with Crippen molar-refractivity contribution in [3.05, 3.63) is 0 Å². The standard InChI is InChI=1S/C9H20BO4P/c1-3-15(13)5-14-6-4-7(10)9(2,12)8(6)11/h6-8,11-12,15H,3-5,10H2,1-2H3. The molecule has 88 valence electrons. The van der Waals surface area contributed by atoms with Crippen LogP contribution in [0.1, 0.15) is 20.3 Å². The van der Waals surface area contributed by atoms with Crippen molar-refractivity contribution in [2.45, 2.75) is 43.9 Å². The van der Waals surface area contributed by atoms with Gasteiger partial charge in [-0.25, -0.2) is 0 Å². The highest BCUT2D eigenvalue weighted by Crippen LogP contribution is 2.40. The molecule has 0 saturated heterocycles. The molecule has 0 radical (unpaired) electrons. The Balaban J connectivity index is 2.49. The molecule has 0 bridgehead atoms. The van der Waals surface area contributed by atoms with Crippen LogP contribution in [-0.4, -0.2) is 48.4 Å². The number of ether oxygens (including phenoxy) is 1. The first-order valence-electron chi connectivity index (χ1n) is 5.43. The average Bonchev–Trinajstić information content (AvgIpc) is 2.38. The van der Waals surface area contributed by atoms with Crippen LogP contribution < -0.4 is 0 Å². The van der Waals surface area contributed by atoms with Crippen molar-refractivity contribution in [3.63, 3.8) is 0 Å². The number of rotatable bonds is 4. The molecule has 0 aromatic carbocycles. The summed E-state index contributed by atoms with van der Waals surface area (Å²) in [5, 5.41) is 19.7. The SMILES string of the molecule is BC1CC(OC[PH](=O)CC)C(O)C1(C)O. The van der Waals surface area contributed by atoms with E-state index >= 15 is 0 Å². The van der Waals surface area contributed by atoms with E-state index in [1.807, 2.05) is 14.8 Å². The largest absolute Gasteiger partial charge is 0.388 e. The summed E-state index contributed by atoms with van der Waals surface area (Å²) in [6.07, 6.45) is 0.202. The molecule has 15 heavy (non-hydrogen) atoms. The summed E-state index contributed by atoms with van der Waals surface area (Å²) < 4.78 is 16.6. The smallest absolute Gasteiger partial charge is 0.109 e. The summed E-state index contributed by atoms with van der Waals surface area (Å²) in [5.41, 5.74) is -1.09. The third kappa shape index (κ3) is 2.85. The van der Waals surface area contributed by atoms with Crippen molar-refractivity contribution in [2.24, 2.45) is 0 Å². The summed E-state index contributed by atoms with van der Waals surface area (Å²) >= 11 is 0. The molecular formula is C9H20BO4P. The Morgan fingerprint density at radius 1 is 1.67 bits per heavy atom. The van der Waals surface area contributed by atoms with Gasteiger partial charge in [-0.1, -0.05) is 6.92 Å². The highest BCUT2D eigenvalue weighted by Gasteiger charge is 2.48. The molecule has 1 rings (SSSR count). The van der Waals surface area contributed by atoms with Crippen LogP contribution in [0.15, 0.2) is 0 Å². The molecule has 2 N–H and O–H groups in total. The quantitative estimate of drug-likeness (QED) is 0.524. The van der Waals surface area contributed by atoms with Crippen LogP contribution in [0, 0.1) is 0 Å². The number of aliphatic hydroxyl groups excluding tert-OH is 1. The molecule has 0 aromatic heterocycles. The third-order valence-electron chi connectivity index (χ3n) is 3.39. The maximum atomic E-state index is 11.2. The van der Waals surface area contributed by atoms with E-state index in [-0.39, 0.29) is 18.3 Å². The van der Waals surface area contributed by atoms with Crippen LogP contribution in [0.3, 0.4) is 0 Å². The van der Waals surface area contributed by atoms with Gasteiger partial charge < -0.3 is 19.5 Å². The van der Waals surface area contributed by atoms with Gasteiger partial charge in [-0.15, -0.1) is 0 Å². The zero-order valence-electron chi connectivity index (χ0n) is 9.56. The van der Waals surface area contributed by atoms with Gasteiger partial charge in [-0.3, -0.25) is 0 Å². The van der Waals surface area contributed by atoms with Gasteiger partial charge in [0.05, 0.1) is 18.1 Å². The molecular weight excluding hydrogens is 214 g/mol. The van der Waals surface area contributed by atoms with E-state index in [0.717, 1.165) is 0 Å². The fraction of sp³-hybridized carbons (Fsp3) is 1.00. The van der Waals surface area contributed by atoms with Crippen LogP contribution in [0.5, 0.6) is 0 Å². The van der Waals surface area contributed by atoms with Crippen LogP contribution in [0.4, 0.5) is 0 Å². The van der Waals surface area contributed by atoms with Crippen molar-refractivity contribution in [1.82, 2.24) is 0 Å². The molecule has 0 spiro atoms. The van der Waals surface area contributed by atoms with Crippen molar-refractivity contribution < 1.29 is 19.5 Å². The Kier molecular flexibility index (Phi) is 4.42. The molecule has 1 aliphatic rings. The van der Waals surface area contributed by atoms with E-state index < -0.39 is 19.5 Å². The fourth-order valence-electron chi connectivity index (χ4n) is 1.85. The first-order valence-corrected chi connectivity index (χ1v) is 7.25. The van der Waals surface area contributed by atoms with Gasteiger partial charge in [-0.05, 0) is 25.3 Å². The second-order valence-electron chi connectivity index (χ2n) is 4.55. The zero-order valence-corrected chi connectivity index (χ0v) is 10.6. The van der Waals surface area contributed by atoms with Gasteiger partial charge in [0.2, 0.25) is 0 Å². The Bertz CT molecular complexity index is 246. The molecule has 6 heteroatoms. The Morgan fingerprint density at radius 3 is 2.67 bits per heavy atom. The number of hydrogen-bond donors (Lipinski definition) is 2. The van der Waals surface area contributed by atoms with Crippen LogP contribution in [0.2, 0.25) is 5.82 Å². The molecule has 0 amide bonds. The predicted octanol–water partition coefficient (Wildman–Crippen LogP) is -0.154. The number of aliphatic hydroxyl groups is 2. The minimum Gasteiger partial charge on any atom is -0.388 e. The minimum atomic E-state index is -1.66. The molecule has 5 unspecified atom stereocenters. The van der Waals surface area contributed by atoms with Crippen molar-refractivity contribution in [2.75, 3.05) is 12.5 Å². The first kappa shape index (κ1) is 13.2. The zero-order chi connectivity index (χ0) is 11.6. The maximum Gasteiger partial charge on any atom is 0.109 e. The first-order chi connectivity index (χ1) is 6.89. The van der Waals surface area contributed by atoms with Gasteiger partial charge >= 0.3 is 0 Å². The second kappa shape index (κ2) is 5.00. The van der Waals surface area contributed by atoms with E-state index in [1.54, 1.807) is 6.92 Å². The summed E-state index contributed by atoms with van der Waals surface area (Å²) in [6.45, 7) is 3.48. The third-order valence-corrected chi connectivity index (χ3v) is 4.66. The monoisotopic (exact) mass is 234 g/mol. The molecule has 5 atom stereocenters. The maximum absolute atomic E-state index is 11.2. The van der Waals surface area contributed by atoms with Crippen molar-refractivity contribution in [1.29, 1.82) is 0 Å². The lowest BCUT2D eigenvalue weighted by molar-refractivity contribution is -0.0878. The van der Waals surface area contributed by atoms with Crippen molar-refractivity contribution >= 4 is 15.6 Å². The van der Waals surface area contributed by atoms with Gasteiger partial charge in [0.1, 0.15) is 21.8 Å². The van der Waals surface area contributed by atoms with Crippen LogP contribution >= 0.6 is 7.80 Å². The van der Waals surface area contributed by atoms with E-state index in [1.165, 1.54) is 0 Å². The Morgan fingerprint density at radius 2 is 2.27 bits per heavy atom. The van der Waals surface area contributed by atoms with Gasteiger partial charge in [0, 0.05) is 0 Å². The summed E-state index contributed by atoms with van der Waals surface area (Å²) in [4.78, 5) is 0. The lowest BCUT2D eigenvalue weighted by Gasteiger charge is -2.27. The van der Waals surface area contributed by atoms with Crippen LogP contribution in [0.25, 0.3) is 0 Å². The van der Waals surface area contributed by atoms with E-state index in [4.69, 9.17) is 4.74 Å². The topological polar surface area (TPSA) is 66.8 Å². The minimum absolute atomic E-state index is 0.00134. The molecule has 0 heterocycles. The molecule has 4 nitrogen and oxygen atoms in total. The molecule has 1 saturated carbocycles. The van der Waals surface area contributed by atoms with Crippen LogP contribution in [-0.2, 0) is 9.30 Å². The van der Waals surface area contributed by atoms with E-state index in [2.05, 4.69) is 0 Å². The molecule has 0 aliphatic heterocycles. The Labute approximate surface area is 92.2 Å². The van der Waals surface area contributed by atoms with Gasteiger partial charge in [0.25, 0.3) is 0 Å². The summed E-state index contributed by atoms with van der Waals surface area (Å²) in [5.74, 6) is 0.00134. The van der Waals surface area contributed by atoms with E-state index in [0.29, 0.717) is 12.6 Å². The highest BCUT2D eigenvalue weighted by molar-refractivity contribution is 7.44. The Hall–Kier alpha value is 0.175. The predicted molar refractivity (Wildman–Crippen MR) is 62.8 cm³/mol. The lowest BCUT2D eigenvalue weighted by atomic mass is 9.76. The average molecular weight is 234 g/mol. The fourth-order valence-corrected chi connectivity index (χ4v) is 2.45. The summed E-state index contributed by atoms with van der Waals surface area (Å²) in [6, 6.07) is 0. The lowest BCUT2D eigenvalue weighted by Crippen LogP contribution is -2.42.